The number of pyridine rings is 1. The van der Waals surface area contributed by atoms with Crippen LogP contribution in [0.2, 0.25) is 0 Å². The number of nitrogens with two attached hydrogens (primary N) is 1. The molecule has 0 atom stereocenters. The van der Waals surface area contributed by atoms with Crippen molar-refractivity contribution in [1.82, 2.24) is 4.98 Å². The molecule has 1 heterocycles. The smallest absolute Gasteiger partial charge is 0.0605 e. The highest BCUT2D eigenvalue weighted by molar-refractivity contribution is 5.23. The second-order valence-corrected chi connectivity index (χ2v) is 3.32. The van der Waals surface area contributed by atoms with Gasteiger partial charge in [-0.15, -0.1) is 0 Å². The van der Waals surface area contributed by atoms with Gasteiger partial charge in [-0.3, -0.25) is 4.98 Å². The maximum Gasteiger partial charge on any atom is 0.0605 e. The van der Waals surface area contributed by atoms with Crippen LogP contribution in [-0.2, 0) is 5.54 Å². The second kappa shape index (κ2) is 2.05. The summed E-state index contributed by atoms with van der Waals surface area (Å²) >= 11 is 0. The number of aryl methyl sites for hydroxylation is 1. The lowest BCUT2D eigenvalue weighted by molar-refractivity contribution is 0.704. The first-order valence-corrected chi connectivity index (χ1v) is 3.94. The largest absolute Gasteiger partial charge is 0.320 e. The minimum Gasteiger partial charge on any atom is -0.320 e. The molecule has 2 nitrogen and oxygen atoms in total. The monoisotopic (exact) mass is 148 g/mol. The molecule has 1 aromatic rings. The van der Waals surface area contributed by atoms with Gasteiger partial charge in [0.2, 0.25) is 0 Å². The van der Waals surface area contributed by atoms with Crippen LogP contribution in [-0.4, -0.2) is 4.98 Å². The fourth-order valence-corrected chi connectivity index (χ4v) is 1.21. The van der Waals surface area contributed by atoms with Gasteiger partial charge in [-0.05, 0) is 31.9 Å². The van der Waals surface area contributed by atoms with E-state index in [1.165, 1.54) is 0 Å². The van der Waals surface area contributed by atoms with Gasteiger partial charge in [-0.1, -0.05) is 6.07 Å². The van der Waals surface area contributed by atoms with Crippen LogP contribution in [0, 0.1) is 6.92 Å². The van der Waals surface area contributed by atoms with Gasteiger partial charge in [0, 0.05) is 5.69 Å². The fourth-order valence-electron chi connectivity index (χ4n) is 1.21. The van der Waals surface area contributed by atoms with Crippen molar-refractivity contribution in [3.8, 4) is 0 Å². The minimum atomic E-state index is -0.0774. The third-order valence-electron chi connectivity index (χ3n) is 2.19. The van der Waals surface area contributed by atoms with Gasteiger partial charge in [-0.25, -0.2) is 0 Å². The Balaban J connectivity index is 2.38. The summed E-state index contributed by atoms with van der Waals surface area (Å²) in [6, 6.07) is 6.03. The first kappa shape index (κ1) is 6.80. The highest BCUT2D eigenvalue weighted by Gasteiger charge is 2.41. The van der Waals surface area contributed by atoms with Crippen molar-refractivity contribution < 1.29 is 0 Å². The molecule has 0 bridgehead atoms. The standard InChI is InChI=1S/C9H12N2/c1-7-3-2-4-8(11-7)9(10)5-6-9/h2-4H,5-6,10H2,1H3. The minimum absolute atomic E-state index is 0.0774. The van der Waals surface area contributed by atoms with Crippen LogP contribution in [0.4, 0.5) is 0 Å². The molecule has 0 amide bonds. The number of nitrogens with zero attached hydrogens (tertiary/aromatic N) is 1. The van der Waals surface area contributed by atoms with Gasteiger partial charge >= 0.3 is 0 Å². The highest BCUT2D eigenvalue weighted by Crippen LogP contribution is 2.41. The van der Waals surface area contributed by atoms with Gasteiger partial charge < -0.3 is 5.73 Å². The molecule has 0 unspecified atom stereocenters. The van der Waals surface area contributed by atoms with Crippen LogP contribution in [0.3, 0.4) is 0 Å². The normalized spacial score (nSPS) is 19.8. The van der Waals surface area contributed by atoms with E-state index in [2.05, 4.69) is 4.98 Å². The molecule has 0 radical (unpaired) electrons. The van der Waals surface area contributed by atoms with E-state index in [4.69, 9.17) is 5.73 Å². The molecule has 11 heavy (non-hydrogen) atoms. The van der Waals surface area contributed by atoms with E-state index in [9.17, 15) is 0 Å². The number of rotatable bonds is 1. The molecule has 1 aromatic heterocycles. The van der Waals surface area contributed by atoms with Gasteiger partial charge in [0.15, 0.2) is 0 Å². The molecule has 1 aliphatic rings. The molecule has 58 valence electrons. The molecular formula is C9H12N2. The average Bonchev–Trinajstić information content (AvgIpc) is 2.70. The number of hydrogen-bond donors (Lipinski definition) is 1. The van der Waals surface area contributed by atoms with Gasteiger partial charge in [0.25, 0.3) is 0 Å². The van der Waals surface area contributed by atoms with E-state index >= 15 is 0 Å². The Morgan fingerprint density at radius 2 is 2.18 bits per heavy atom. The van der Waals surface area contributed by atoms with Crippen molar-refractivity contribution >= 4 is 0 Å². The molecule has 1 saturated carbocycles. The van der Waals surface area contributed by atoms with E-state index in [0.717, 1.165) is 24.2 Å². The Kier molecular flexibility index (Phi) is 1.26. The van der Waals surface area contributed by atoms with Crippen molar-refractivity contribution in [2.24, 2.45) is 5.73 Å². The third-order valence-corrected chi connectivity index (χ3v) is 2.19. The summed E-state index contributed by atoms with van der Waals surface area (Å²) in [7, 11) is 0. The van der Waals surface area contributed by atoms with Crippen LogP contribution < -0.4 is 5.73 Å². The maximum absolute atomic E-state index is 5.97. The zero-order chi connectivity index (χ0) is 7.90. The molecule has 2 N–H and O–H groups in total. The first-order valence-electron chi connectivity index (χ1n) is 3.94. The number of aromatic nitrogens is 1. The lowest BCUT2D eigenvalue weighted by Gasteiger charge is -2.07. The van der Waals surface area contributed by atoms with Crippen LogP contribution in [0.25, 0.3) is 0 Å². The quantitative estimate of drug-likeness (QED) is 0.652. The Morgan fingerprint density at radius 1 is 1.45 bits per heavy atom. The molecule has 0 saturated heterocycles. The molecule has 0 aliphatic heterocycles. The predicted molar refractivity (Wildman–Crippen MR) is 44.1 cm³/mol. The highest BCUT2D eigenvalue weighted by atomic mass is 14.9. The molecule has 1 aliphatic carbocycles. The predicted octanol–water partition coefficient (Wildman–Crippen LogP) is 1.34. The van der Waals surface area contributed by atoms with E-state index in [0.29, 0.717) is 0 Å². The van der Waals surface area contributed by atoms with Crippen LogP contribution in [0.5, 0.6) is 0 Å². The van der Waals surface area contributed by atoms with Gasteiger partial charge in [-0.2, -0.15) is 0 Å². The first-order chi connectivity index (χ1) is 5.21. The van der Waals surface area contributed by atoms with E-state index in [-0.39, 0.29) is 5.54 Å². The third kappa shape index (κ3) is 1.14. The maximum atomic E-state index is 5.97. The summed E-state index contributed by atoms with van der Waals surface area (Å²) in [6.45, 7) is 2.00. The zero-order valence-corrected chi connectivity index (χ0v) is 6.67. The summed E-state index contributed by atoms with van der Waals surface area (Å²) in [6.07, 6.45) is 2.17. The van der Waals surface area contributed by atoms with Crippen molar-refractivity contribution in [1.29, 1.82) is 0 Å². The summed E-state index contributed by atoms with van der Waals surface area (Å²) in [4.78, 5) is 4.38. The van der Waals surface area contributed by atoms with Crippen molar-refractivity contribution in [3.05, 3.63) is 29.6 Å². The Labute approximate surface area is 66.4 Å². The SMILES string of the molecule is Cc1cccc(C2(N)CC2)n1. The van der Waals surface area contributed by atoms with Crippen molar-refractivity contribution in [2.45, 2.75) is 25.3 Å². The van der Waals surface area contributed by atoms with Crippen LogP contribution in [0.1, 0.15) is 24.2 Å². The average molecular weight is 148 g/mol. The van der Waals surface area contributed by atoms with Gasteiger partial charge in [0.05, 0.1) is 11.2 Å². The van der Waals surface area contributed by atoms with Crippen LogP contribution >= 0.6 is 0 Å². The second-order valence-electron chi connectivity index (χ2n) is 3.32. The van der Waals surface area contributed by atoms with E-state index in [1.807, 2.05) is 25.1 Å². The lowest BCUT2D eigenvalue weighted by atomic mass is 10.1. The van der Waals surface area contributed by atoms with Crippen LogP contribution in [0.15, 0.2) is 18.2 Å². The van der Waals surface area contributed by atoms with Crippen molar-refractivity contribution in [2.75, 3.05) is 0 Å². The molecule has 2 rings (SSSR count). The summed E-state index contributed by atoms with van der Waals surface area (Å²) in [5, 5.41) is 0. The molecule has 1 fully saturated rings. The molecule has 0 aromatic carbocycles. The Hall–Kier alpha value is -0.890. The molecule has 0 spiro atoms. The Morgan fingerprint density at radius 3 is 2.73 bits per heavy atom. The molecule has 2 heteroatoms. The lowest BCUT2D eigenvalue weighted by Crippen LogP contribution is -2.20. The van der Waals surface area contributed by atoms with E-state index in [1.54, 1.807) is 0 Å². The Bertz CT molecular complexity index is 277. The van der Waals surface area contributed by atoms with Crippen molar-refractivity contribution in [3.63, 3.8) is 0 Å². The van der Waals surface area contributed by atoms with Gasteiger partial charge in [0.1, 0.15) is 0 Å². The topological polar surface area (TPSA) is 38.9 Å². The number of hydrogen-bond acceptors (Lipinski definition) is 2. The van der Waals surface area contributed by atoms with E-state index < -0.39 is 0 Å². The fraction of sp³-hybridized carbons (Fsp3) is 0.444. The summed E-state index contributed by atoms with van der Waals surface area (Å²) in [5.41, 5.74) is 8.00. The molecular weight excluding hydrogens is 136 g/mol. The zero-order valence-electron chi connectivity index (χ0n) is 6.67. The summed E-state index contributed by atoms with van der Waals surface area (Å²) in [5.74, 6) is 0. The summed E-state index contributed by atoms with van der Waals surface area (Å²) < 4.78 is 0.